The molecule has 0 amide bonds. The number of hydrogen-bond acceptors (Lipinski definition) is 1. The highest BCUT2D eigenvalue weighted by Gasteiger charge is 2.16. The van der Waals surface area contributed by atoms with Gasteiger partial charge in [-0.25, -0.2) is 4.98 Å². The fraction of sp³-hybridized carbons (Fsp3) is 0.500. The van der Waals surface area contributed by atoms with E-state index in [-0.39, 0.29) is 0 Å². The van der Waals surface area contributed by atoms with Gasteiger partial charge in [-0.3, -0.25) is 0 Å². The Morgan fingerprint density at radius 2 is 2.06 bits per heavy atom. The highest BCUT2D eigenvalue weighted by atomic mass is 14.9. The number of fused-ring (bicyclic) bond motifs is 3. The first-order valence-electron chi connectivity index (χ1n) is 6.25. The van der Waals surface area contributed by atoms with Crippen molar-refractivity contribution in [3.05, 3.63) is 29.1 Å². The van der Waals surface area contributed by atoms with Crippen molar-refractivity contribution in [3.63, 3.8) is 0 Å². The monoisotopic (exact) mass is 214 g/mol. The van der Waals surface area contributed by atoms with E-state index >= 15 is 0 Å². The topological polar surface area (TPSA) is 28.7 Å². The molecule has 2 heterocycles. The lowest BCUT2D eigenvalue weighted by Crippen LogP contribution is -2.00. The molecule has 16 heavy (non-hydrogen) atoms. The maximum absolute atomic E-state index is 4.55. The number of pyridine rings is 1. The number of nitrogens with one attached hydrogen (secondary N) is 1. The first kappa shape index (κ1) is 9.88. The Hall–Kier alpha value is -1.31. The van der Waals surface area contributed by atoms with Crippen molar-refractivity contribution >= 4 is 11.0 Å². The van der Waals surface area contributed by atoms with Crippen molar-refractivity contribution in [2.24, 2.45) is 0 Å². The summed E-state index contributed by atoms with van der Waals surface area (Å²) in [6.45, 7) is 4.45. The Labute approximate surface area is 96.1 Å². The zero-order valence-electron chi connectivity index (χ0n) is 10.0. The van der Waals surface area contributed by atoms with E-state index in [0.717, 1.165) is 5.65 Å². The molecule has 0 unspecified atom stereocenters. The SMILES string of the molecule is CC(C)c1cnc2[nH]c3c(c2c1)CCCC3. The van der Waals surface area contributed by atoms with Crippen LogP contribution in [0.25, 0.3) is 11.0 Å². The molecule has 2 aromatic heterocycles. The van der Waals surface area contributed by atoms with Crippen LogP contribution in [-0.2, 0) is 12.8 Å². The Kier molecular flexibility index (Phi) is 2.23. The lowest BCUT2D eigenvalue weighted by Gasteiger charge is -2.10. The van der Waals surface area contributed by atoms with E-state index in [1.54, 1.807) is 0 Å². The number of nitrogens with zero attached hydrogens (tertiary/aromatic N) is 1. The average Bonchev–Trinajstić information content (AvgIpc) is 2.66. The predicted molar refractivity (Wildman–Crippen MR) is 66.8 cm³/mol. The van der Waals surface area contributed by atoms with E-state index in [9.17, 15) is 0 Å². The number of hydrogen-bond donors (Lipinski definition) is 1. The molecular formula is C14H18N2. The van der Waals surface area contributed by atoms with Crippen molar-refractivity contribution in [2.75, 3.05) is 0 Å². The summed E-state index contributed by atoms with van der Waals surface area (Å²) in [6, 6.07) is 2.33. The minimum absolute atomic E-state index is 0.561. The summed E-state index contributed by atoms with van der Waals surface area (Å²) in [5, 5.41) is 1.36. The molecule has 3 rings (SSSR count). The smallest absolute Gasteiger partial charge is 0.137 e. The molecule has 2 nitrogen and oxygen atoms in total. The standard InChI is InChI=1S/C14H18N2/c1-9(2)10-7-12-11-5-3-4-6-13(11)16-14(12)15-8-10/h7-9H,3-6H2,1-2H3,(H,15,16). The third-order valence-corrected chi connectivity index (χ3v) is 3.64. The molecular weight excluding hydrogens is 196 g/mol. The second-order valence-electron chi connectivity index (χ2n) is 5.11. The van der Waals surface area contributed by atoms with Crippen LogP contribution in [-0.4, -0.2) is 9.97 Å². The number of aromatic amines is 1. The van der Waals surface area contributed by atoms with Gasteiger partial charge in [0.05, 0.1) is 0 Å². The van der Waals surface area contributed by atoms with Crippen LogP contribution >= 0.6 is 0 Å². The molecule has 0 spiro atoms. The number of aryl methyl sites for hydroxylation is 2. The van der Waals surface area contributed by atoms with Gasteiger partial charge < -0.3 is 4.98 Å². The number of aromatic nitrogens is 2. The fourth-order valence-electron chi connectivity index (χ4n) is 2.61. The van der Waals surface area contributed by atoms with E-state index in [1.165, 1.54) is 47.9 Å². The Morgan fingerprint density at radius 1 is 1.25 bits per heavy atom. The van der Waals surface area contributed by atoms with Crippen LogP contribution in [0.4, 0.5) is 0 Å². The van der Waals surface area contributed by atoms with Gasteiger partial charge in [0.25, 0.3) is 0 Å². The van der Waals surface area contributed by atoms with Crippen LogP contribution < -0.4 is 0 Å². The van der Waals surface area contributed by atoms with Gasteiger partial charge in [0.15, 0.2) is 0 Å². The fourth-order valence-corrected chi connectivity index (χ4v) is 2.61. The molecule has 0 aromatic carbocycles. The maximum Gasteiger partial charge on any atom is 0.137 e. The normalized spacial score (nSPS) is 15.7. The van der Waals surface area contributed by atoms with E-state index in [2.05, 4.69) is 29.9 Å². The Balaban J connectivity index is 2.21. The quantitative estimate of drug-likeness (QED) is 0.772. The Bertz CT molecular complexity index is 523. The molecule has 84 valence electrons. The van der Waals surface area contributed by atoms with Crippen LogP contribution in [0.1, 0.15) is 49.4 Å². The van der Waals surface area contributed by atoms with Crippen LogP contribution in [0.5, 0.6) is 0 Å². The van der Waals surface area contributed by atoms with Gasteiger partial charge in [0.1, 0.15) is 5.65 Å². The van der Waals surface area contributed by atoms with E-state index in [0.29, 0.717) is 5.92 Å². The molecule has 0 saturated carbocycles. The van der Waals surface area contributed by atoms with Gasteiger partial charge in [-0.15, -0.1) is 0 Å². The lowest BCUT2D eigenvalue weighted by molar-refractivity contribution is 0.680. The van der Waals surface area contributed by atoms with Gasteiger partial charge >= 0.3 is 0 Å². The molecule has 2 aromatic rings. The van der Waals surface area contributed by atoms with Gasteiger partial charge in [-0.1, -0.05) is 13.8 Å². The summed E-state index contributed by atoms with van der Waals surface area (Å²) in [5.74, 6) is 0.561. The van der Waals surface area contributed by atoms with Crippen molar-refractivity contribution in [1.29, 1.82) is 0 Å². The maximum atomic E-state index is 4.55. The van der Waals surface area contributed by atoms with Crippen molar-refractivity contribution in [3.8, 4) is 0 Å². The van der Waals surface area contributed by atoms with E-state index in [4.69, 9.17) is 0 Å². The molecule has 0 atom stereocenters. The molecule has 0 aliphatic heterocycles. The minimum Gasteiger partial charge on any atom is -0.343 e. The first-order valence-corrected chi connectivity index (χ1v) is 6.25. The molecule has 0 saturated heterocycles. The van der Waals surface area contributed by atoms with Gasteiger partial charge in [-0.05, 0) is 48.8 Å². The van der Waals surface area contributed by atoms with Crippen LogP contribution in [0.3, 0.4) is 0 Å². The van der Waals surface area contributed by atoms with Crippen molar-refractivity contribution in [2.45, 2.75) is 45.4 Å². The van der Waals surface area contributed by atoms with Gasteiger partial charge in [0, 0.05) is 17.3 Å². The van der Waals surface area contributed by atoms with Gasteiger partial charge in [0.2, 0.25) is 0 Å². The minimum atomic E-state index is 0.561. The van der Waals surface area contributed by atoms with Crippen LogP contribution in [0.15, 0.2) is 12.3 Å². The largest absolute Gasteiger partial charge is 0.343 e. The summed E-state index contributed by atoms with van der Waals surface area (Å²) >= 11 is 0. The molecule has 1 aliphatic rings. The van der Waals surface area contributed by atoms with Gasteiger partial charge in [-0.2, -0.15) is 0 Å². The Morgan fingerprint density at radius 3 is 2.88 bits per heavy atom. The number of rotatable bonds is 1. The van der Waals surface area contributed by atoms with E-state index in [1.807, 2.05) is 6.20 Å². The molecule has 1 N–H and O–H groups in total. The summed E-state index contributed by atoms with van der Waals surface area (Å²) in [7, 11) is 0. The summed E-state index contributed by atoms with van der Waals surface area (Å²) in [6.07, 6.45) is 7.07. The zero-order chi connectivity index (χ0) is 11.1. The van der Waals surface area contributed by atoms with Crippen LogP contribution in [0, 0.1) is 0 Å². The predicted octanol–water partition coefficient (Wildman–Crippen LogP) is 3.57. The first-order chi connectivity index (χ1) is 7.75. The molecule has 1 aliphatic carbocycles. The molecule has 0 fully saturated rings. The van der Waals surface area contributed by atoms with Crippen molar-refractivity contribution in [1.82, 2.24) is 9.97 Å². The summed E-state index contributed by atoms with van der Waals surface area (Å²) in [5.41, 5.74) is 5.38. The van der Waals surface area contributed by atoms with Crippen molar-refractivity contribution < 1.29 is 0 Å². The number of H-pyrrole nitrogens is 1. The average molecular weight is 214 g/mol. The summed E-state index contributed by atoms with van der Waals surface area (Å²) < 4.78 is 0. The molecule has 2 heteroatoms. The molecule has 0 bridgehead atoms. The van der Waals surface area contributed by atoms with E-state index < -0.39 is 0 Å². The zero-order valence-corrected chi connectivity index (χ0v) is 10.0. The van der Waals surface area contributed by atoms with Crippen LogP contribution in [0.2, 0.25) is 0 Å². The lowest BCUT2D eigenvalue weighted by atomic mass is 9.95. The summed E-state index contributed by atoms with van der Waals surface area (Å²) in [4.78, 5) is 8.02. The molecule has 0 radical (unpaired) electrons. The highest BCUT2D eigenvalue weighted by molar-refractivity contribution is 5.82. The highest BCUT2D eigenvalue weighted by Crippen LogP contribution is 2.29. The third-order valence-electron chi connectivity index (χ3n) is 3.64. The second-order valence-corrected chi connectivity index (χ2v) is 5.11. The third kappa shape index (κ3) is 1.44. The second kappa shape index (κ2) is 3.62.